The van der Waals surface area contributed by atoms with Crippen LogP contribution in [0.1, 0.15) is 37.9 Å². The summed E-state index contributed by atoms with van der Waals surface area (Å²) in [6.45, 7) is 5.98. The Kier molecular flexibility index (Phi) is 4.53. The smallest absolute Gasteiger partial charge is 0.273 e. The number of hydrogen-bond donors (Lipinski definition) is 1. The number of aromatic nitrogens is 4. The van der Waals surface area contributed by atoms with E-state index in [-0.39, 0.29) is 22.4 Å². The van der Waals surface area contributed by atoms with Gasteiger partial charge in [0.15, 0.2) is 5.16 Å². The number of rotatable bonds is 4. The van der Waals surface area contributed by atoms with Gasteiger partial charge in [-0.1, -0.05) is 23.9 Å². The van der Waals surface area contributed by atoms with Gasteiger partial charge in [-0.2, -0.15) is 4.98 Å². The predicted molar refractivity (Wildman–Crippen MR) is 95.5 cm³/mol. The molecule has 0 aliphatic heterocycles. The molecule has 0 radical (unpaired) electrons. The molecule has 0 spiro atoms. The highest BCUT2D eigenvalue weighted by Crippen LogP contribution is 2.32. The quantitative estimate of drug-likeness (QED) is 0.582. The number of H-pyrrole nitrogens is 1. The van der Waals surface area contributed by atoms with E-state index in [1.165, 1.54) is 17.8 Å². The van der Waals surface area contributed by atoms with Crippen LogP contribution < -0.4 is 11.1 Å². The second-order valence-corrected chi connectivity index (χ2v) is 7.09. The Bertz CT molecular complexity index is 994. The normalized spacial score (nSPS) is 12.7. The molecule has 0 unspecified atom stereocenters. The minimum Gasteiger partial charge on any atom is -0.325 e. The molecular formula is C17H18N4O2S. The third kappa shape index (κ3) is 3.26. The monoisotopic (exact) mass is 342 g/mol. The predicted octanol–water partition coefficient (Wildman–Crippen LogP) is 2.91. The van der Waals surface area contributed by atoms with Gasteiger partial charge in [-0.15, -0.1) is 0 Å². The van der Waals surface area contributed by atoms with Crippen LogP contribution in [-0.2, 0) is 0 Å². The van der Waals surface area contributed by atoms with Gasteiger partial charge in [0.2, 0.25) is 0 Å². The fourth-order valence-electron chi connectivity index (χ4n) is 2.39. The van der Waals surface area contributed by atoms with Crippen molar-refractivity contribution in [2.45, 2.75) is 37.2 Å². The van der Waals surface area contributed by atoms with Crippen LogP contribution in [0.4, 0.5) is 0 Å². The Hall–Kier alpha value is -2.41. The summed E-state index contributed by atoms with van der Waals surface area (Å²) in [6.07, 6.45) is 1.74. The van der Waals surface area contributed by atoms with Crippen molar-refractivity contribution in [1.29, 1.82) is 0 Å². The molecule has 1 atom stereocenters. The minimum absolute atomic E-state index is 0.151. The number of benzene rings is 1. The topological polar surface area (TPSA) is 80.6 Å². The number of thioether (sulfide) groups is 1. The van der Waals surface area contributed by atoms with Crippen molar-refractivity contribution < 1.29 is 0 Å². The maximum Gasteiger partial charge on any atom is 0.273 e. The van der Waals surface area contributed by atoms with Crippen LogP contribution in [0.15, 0.2) is 51.3 Å². The SMILES string of the molecule is CC(C)n1ccc(=O)nc1S[C@H](C)c1nc2ccccc2c(=O)[nH]1. The van der Waals surface area contributed by atoms with Gasteiger partial charge in [0, 0.05) is 18.3 Å². The molecular weight excluding hydrogens is 324 g/mol. The summed E-state index contributed by atoms with van der Waals surface area (Å²) in [5, 5.41) is 1.03. The number of para-hydroxylation sites is 1. The molecule has 0 saturated heterocycles. The van der Waals surface area contributed by atoms with Gasteiger partial charge in [0.25, 0.3) is 11.1 Å². The Morgan fingerprint density at radius 3 is 2.58 bits per heavy atom. The molecule has 0 amide bonds. The van der Waals surface area contributed by atoms with Crippen LogP contribution in [0.2, 0.25) is 0 Å². The van der Waals surface area contributed by atoms with Crippen molar-refractivity contribution >= 4 is 22.7 Å². The third-order valence-corrected chi connectivity index (χ3v) is 4.75. The molecule has 0 aliphatic carbocycles. The molecule has 124 valence electrons. The number of aromatic amines is 1. The standard InChI is InChI=1S/C17H18N4O2S/c1-10(2)21-9-8-14(22)19-17(21)24-11(3)15-18-13-7-5-4-6-12(13)16(23)20-15/h4-11H,1-3H3,(H,18,20,23)/t11-/m1/s1. The van der Waals surface area contributed by atoms with Gasteiger partial charge in [-0.05, 0) is 32.9 Å². The van der Waals surface area contributed by atoms with Crippen LogP contribution in [0, 0.1) is 0 Å². The van der Waals surface area contributed by atoms with E-state index in [0.29, 0.717) is 21.9 Å². The van der Waals surface area contributed by atoms with Crippen molar-refractivity contribution in [2.75, 3.05) is 0 Å². The first-order valence-corrected chi connectivity index (χ1v) is 8.58. The Balaban J connectivity index is 1.99. The molecule has 1 aromatic carbocycles. The second-order valence-electron chi connectivity index (χ2n) is 5.78. The molecule has 0 saturated carbocycles. The Morgan fingerprint density at radius 1 is 1.08 bits per heavy atom. The summed E-state index contributed by atoms with van der Waals surface area (Å²) in [4.78, 5) is 35.3. The molecule has 1 N–H and O–H groups in total. The Morgan fingerprint density at radius 2 is 1.83 bits per heavy atom. The van der Waals surface area contributed by atoms with Crippen molar-refractivity contribution in [2.24, 2.45) is 0 Å². The highest BCUT2D eigenvalue weighted by molar-refractivity contribution is 7.99. The van der Waals surface area contributed by atoms with Gasteiger partial charge in [-0.3, -0.25) is 9.59 Å². The number of nitrogens with one attached hydrogen (secondary N) is 1. The van der Waals surface area contributed by atoms with Gasteiger partial charge >= 0.3 is 0 Å². The van der Waals surface area contributed by atoms with E-state index < -0.39 is 0 Å². The molecule has 2 heterocycles. The van der Waals surface area contributed by atoms with Crippen molar-refractivity contribution in [3.8, 4) is 0 Å². The van der Waals surface area contributed by atoms with E-state index >= 15 is 0 Å². The number of fused-ring (bicyclic) bond motifs is 1. The molecule has 6 nitrogen and oxygen atoms in total. The summed E-state index contributed by atoms with van der Waals surface area (Å²) in [5.41, 5.74) is 0.220. The molecule has 3 rings (SSSR count). The highest BCUT2D eigenvalue weighted by Gasteiger charge is 2.16. The average molecular weight is 342 g/mol. The summed E-state index contributed by atoms with van der Waals surface area (Å²) in [5.74, 6) is 0.567. The maximum atomic E-state index is 12.2. The number of hydrogen-bond acceptors (Lipinski definition) is 5. The zero-order valence-electron chi connectivity index (χ0n) is 13.7. The van der Waals surface area contributed by atoms with Gasteiger partial charge in [-0.25, -0.2) is 4.98 Å². The van der Waals surface area contributed by atoms with Crippen LogP contribution in [-0.4, -0.2) is 19.5 Å². The first-order valence-electron chi connectivity index (χ1n) is 7.70. The van der Waals surface area contributed by atoms with Gasteiger partial charge in [0.05, 0.1) is 16.2 Å². The van der Waals surface area contributed by atoms with Crippen molar-refractivity contribution in [1.82, 2.24) is 19.5 Å². The highest BCUT2D eigenvalue weighted by atomic mass is 32.2. The van der Waals surface area contributed by atoms with E-state index in [1.54, 1.807) is 12.3 Å². The van der Waals surface area contributed by atoms with E-state index in [0.717, 1.165) is 0 Å². The molecule has 7 heteroatoms. The fraction of sp³-hybridized carbons (Fsp3) is 0.294. The zero-order chi connectivity index (χ0) is 17.3. The van der Waals surface area contributed by atoms with Crippen molar-refractivity contribution in [3.63, 3.8) is 0 Å². The molecule has 0 bridgehead atoms. The Labute approximate surface area is 143 Å². The largest absolute Gasteiger partial charge is 0.325 e. The first-order chi connectivity index (χ1) is 11.5. The van der Waals surface area contributed by atoms with E-state index in [9.17, 15) is 9.59 Å². The van der Waals surface area contributed by atoms with E-state index in [1.807, 2.05) is 43.5 Å². The lowest BCUT2D eigenvalue weighted by atomic mass is 10.2. The molecule has 0 aliphatic rings. The minimum atomic E-state index is -0.276. The van der Waals surface area contributed by atoms with Crippen LogP contribution >= 0.6 is 11.8 Å². The maximum absolute atomic E-state index is 12.2. The number of nitrogens with zero attached hydrogens (tertiary/aromatic N) is 3. The van der Waals surface area contributed by atoms with Crippen LogP contribution in [0.3, 0.4) is 0 Å². The molecule has 2 aromatic heterocycles. The van der Waals surface area contributed by atoms with Gasteiger partial charge in [0.1, 0.15) is 5.82 Å². The van der Waals surface area contributed by atoms with E-state index in [2.05, 4.69) is 15.0 Å². The second kappa shape index (κ2) is 6.60. The van der Waals surface area contributed by atoms with Crippen LogP contribution in [0.25, 0.3) is 10.9 Å². The third-order valence-electron chi connectivity index (χ3n) is 3.66. The summed E-state index contributed by atoms with van der Waals surface area (Å²) in [6, 6.07) is 8.85. The fourth-order valence-corrected chi connectivity index (χ4v) is 3.46. The first kappa shape index (κ1) is 16.4. The van der Waals surface area contributed by atoms with Crippen molar-refractivity contribution in [3.05, 3.63) is 63.1 Å². The summed E-state index contributed by atoms with van der Waals surface area (Å²) < 4.78 is 1.93. The molecule has 0 fully saturated rings. The average Bonchev–Trinajstić information content (AvgIpc) is 2.54. The molecule has 24 heavy (non-hydrogen) atoms. The summed E-state index contributed by atoms with van der Waals surface area (Å²) in [7, 11) is 0. The lowest BCUT2D eigenvalue weighted by Crippen LogP contribution is -2.16. The van der Waals surface area contributed by atoms with E-state index in [4.69, 9.17) is 0 Å². The lowest BCUT2D eigenvalue weighted by Gasteiger charge is -2.17. The zero-order valence-corrected chi connectivity index (χ0v) is 14.5. The van der Waals surface area contributed by atoms with Crippen LogP contribution in [0.5, 0.6) is 0 Å². The van der Waals surface area contributed by atoms with Gasteiger partial charge < -0.3 is 9.55 Å². The molecule has 3 aromatic rings. The summed E-state index contributed by atoms with van der Waals surface area (Å²) >= 11 is 1.40. The lowest BCUT2D eigenvalue weighted by molar-refractivity contribution is 0.525.